The van der Waals surface area contributed by atoms with E-state index in [0.29, 0.717) is 0 Å². The zero-order chi connectivity index (χ0) is 30.5. The van der Waals surface area contributed by atoms with Gasteiger partial charge in [0.25, 0.3) is 0 Å². The summed E-state index contributed by atoms with van der Waals surface area (Å²) < 4.78 is 6.17. The van der Waals surface area contributed by atoms with Crippen molar-refractivity contribution in [3.8, 4) is 22.3 Å². The van der Waals surface area contributed by atoms with Crippen LogP contribution in [0.5, 0.6) is 0 Å². The van der Waals surface area contributed by atoms with Crippen LogP contribution in [0.1, 0.15) is 0 Å². The summed E-state index contributed by atoms with van der Waals surface area (Å²) in [7, 11) is 0. The van der Waals surface area contributed by atoms with Gasteiger partial charge in [-0.15, -0.1) is 0 Å². The number of benzene rings is 8. The molecule has 2 nitrogen and oxygen atoms in total. The molecule has 2 heteroatoms. The zero-order valence-corrected chi connectivity index (χ0v) is 25.1. The summed E-state index contributed by atoms with van der Waals surface area (Å²) in [6.07, 6.45) is 0. The minimum atomic E-state index is 0.924. The highest BCUT2D eigenvalue weighted by Gasteiger charge is 2.18. The number of hydrogen-bond donors (Lipinski definition) is 0. The van der Waals surface area contributed by atoms with E-state index in [1.807, 2.05) is 12.1 Å². The third kappa shape index (κ3) is 4.35. The Balaban J connectivity index is 1.19. The first-order valence-corrected chi connectivity index (χ1v) is 15.7. The number of furan rings is 1. The van der Waals surface area contributed by atoms with Crippen molar-refractivity contribution in [2.75, 3.05) is 4.90 Å². The minimum Gasteiger partial charge on any atom is -0.456 e. The van der Waals surface area contributed by atoms with Gasteiger partial charge in [0.15, 0.2) is 0 Å². The Kier molecular flexibility index (Phi) is 6.17. The molecule has 9 rings (SSSR count). The van der Waals surface area contributed by atoms with Gasteiger partial charge in [0, 0.05) is 27.5 Å². The van der Waals surface area contributed by atoms with Crippen LogP contribution in [0.25, 0.3) is 65.7 Å². The maximum absolute atomic E-state index is 6.17. The van der Waals surface area contributed by atoms with E-state index in [1.165, 1.54) is 49.2 Å². The number of hydrogen-bond acceptors (Lipinski definition) is 2. The fraction of sp³-hybridized carbons (Fsp3) is 0. The van der Waals surface area contributed by atoms with Gasteiger partial charge in [0.2, 0.25) is 0 Å². The highest BCUT2D eigenvalue weighted by Crippen LogP contribution is 2.43. The van der Waals surface area contributed by atoms with E-state index in [2.05, 4.69) is 169 Å². The Bertz CT molecular complexity index is 2510. The van der Waals surface area contributed by atoms with Crippen molar-refractivity contribution in [3.05, 3.63) is 176 Å². The zero-order valence-electron chi connectivity index (χ0n) is 25.1. The van der Waals surface area contributed by atoms with Crippen LogP contribution < -0.4 is 4.90 Å². The van der Waals surface area contributed by atoms with Gasteiger partial charge in [0.05, 0.1) is 5.69 Å². The molecule has 0 atom stereocenters. The summed E-state index contributed by atoms with van der Waals surface area (Å²) in [6.45, 7) is 0. The largest absolute Gasteiger partial charge is 0.456 e. The molecule has 0 aliphatic heterocycles. The number of anilines is 3. The van der Waals surface area contributed by atoms with Gasteiger partial charge in [-0.2, -0.15) is 0 Å². The molecule has 9 aromatic rings. The molecule has 0 aliphatic carbocycles. The van der Waals surface area contributed by atoms with E-state index in [1.54, 1.807) is 0 Å². The average molecular weight is 588 g/mol. The van der Waals surface area contributed by atoms with Crippen molar-refractivity contribution < 1.29 is 4.42 Å². The fourth-order valence-electron chi connectivity index (χ4n) is 6.89. The quantitative estimate of drug-likeness (QED) is 0.199. The fourth-order valence-corrected chi connectivity index (χ4v) is 6.89. The van der Waals surface area contributed by atoms with Crippen molar-refractivity contribution in [1.29, 1.82) is 0 Å². The van der Waals surface area contributed by atoms with Crippen LogP contribution >= 0.6 is 0 Å². The summed E-state index contributed by atoms with van der Waals surface area (Å²) in [4.78, 5) is 2.36. The van der Waals surface area contributed by atoms with Gasteiger partial charge in [0.1, 0.15) is 11.2 Å². The normalized spacial score (nSPS) is 11.5. The van der Waals surface area contributed by atoms with Crippen molar-refractivity contribution in [1.82, 2.24) is 0 Å². The average Bonchev–Trinajstić information content (AvgIpc) is 3.52. The summed E-state index contributed by atoms with van der Waals surface area (Å²) in [5.41, 5.74) is 10.1. The van der Waals surface area contributed by atoms with E-state index in [0.717, 1.165) is 33.6 Å². The number of rotatable bonds is 5. The molecule has 216 valence electrons. The van der Waals surface area contributed by atoms with Crippen LogP contribution in [0.2, 0.25) is 0 Å². The summed E-state index contributed by atoms with van der Waals surface area (Å²) in [5, 5.41) is 7.17. The number of fused-ring (bicyclic) bond motifs is 6. The maximum atomic E-state index is 6.17. The third-order valence-corrected chi connectivity index (χ3v) is 9.06. The Labute approximate surface area is 267 Å². The van der Waals surface area contributed by atoms with Crippen LogP contribution in [0.15, 0.2) is 180 Å². The highest BCUT2D eigenvalue weighted by molar-refractivity contribution is 6.19. The summed E-state index contributed by atoms with van der Waals surface area (Å²) in [6, 6.07) is 62.7. The Hall–Kier alpha value is -6.12. The highest BCUT2D eigenvalue weighted by atomic mass is 16.3. The summed E-state index contributed by atoms with van der Waals surface area (Å²) in [5.74, 6) is 0. The minimum absolute atomic E-state index is 0.924. The van der Waals surface area contributed by atoms with Crippen LogP contribution in [-0.2, 0) is 0 Å². The van der Waals surface area contributed by atoms with Crippen LogP contribution in [0.3, 0.4) is 0 Å². The standard InChI is InChI=1S/C44H29NO/c1-3-11-30(12-4-1)31-19-23-35(24-20-31)45(34-13-5-2-6-14-34)41-27-26-36(38-15-7-8-16-39(38)41)32-21-25-37-33(29-32)22-28-43-44(37)40-17-9-10-18-42(40)46-43/h1-29H. The lowest BCUT2D eigenvalue weighted by Gasteiger charge is -2.27. The molecule has 0 unspecified atom stereocenters. The van der Waals surface area contributed by atoms with Crippen molar-refractivity contribution in [3.63, 3.8) is 0 Å². The Morgan fingerprint density at radius 2 is 1.00 bits per heavy atom. The predicted octanol–water partition coefficient (Wildman–Crippen LogP) is 12.7. The molecule has 46 heavy (non-hydrogen) atoms. The number of para-hydroxylation sites is 2. The smallest absolute Gasteiger partial charge is 0.136 e. The molecule has 0 N–H and O–H groups in total. The van der Waals surface area contributed by atoms with E-state index in [4.69, 9.17) is 4.42 Å². The SMILES string of the molecule is c1ccc(-c2ccc(N(c3ccccc3)c3ccc(-c4ccc5c(ccc6oc7ccccc7c65)c4)c4ccccc34)cc2)cc1. The second kappa shape index (κ2) is 10.8. The molecule has 8 aromatic carbocycles. The number of nitrogens with zero attached hydrogens (tertiary/aromatic N) is 1. The molecule has 0 bridgehead atoms. The first-order chi connectivity index (χ1) is 22.8. The van der Waals surface area contributed by atoms with Crippen LogP contribution in [0.4, 0.5) is 17.1 Å². The van der Waals surface area contributed by atoms with Crippen molar-refractivity contribution in [2.24, 2.45) is 0 Å². The topological polar surface area (TPSA) is 16.4 Å². The van der Waals surface area contributed by atoms with Gasteiger partial charge in [-0.3, -0.25) is 0 Å². The molecule has 0 aliphatic rings. The van der Waals surface area contributed by atoms with Crippen LogP contribution in [-0.4, -0.2) is 0 Å². The van der Waals surface area contributed by atoms with E-state index < -0.39 is 0 Å². The maximum Gasteiger partial charge on any atom is 0.136 e. The second-order valence-corrected chi connectivity index (χ2v) is 11.7. The Morgan fingerprint density at radius 3 is 1.80 bits per heavy atom. The Morgan fingerprint density at radius 1 is 0.370 bits per heavy atom. The molecular weight excluding hydrogens is 558 g/mol. The molecule has 0 radical (unpaired) electrons. The molecule has 0 amide bonds. The molecule has 0 saturated carbocycles. The first kappa shape index (κ1) is 26.3. The predicted molar refractivity (Wildman–Crippen MR) is 194 cm³/mol. The molecule has 0 spiro atoms. The van der Waals surface area contributed by atoms with Gasteiger partial charge in [-0.05, 0) is 86.9 Å². The van der Waals surface area contributed by atoms with Gasteiger partial charge in [-0.1, -0.05) is 127 Å². The van der Waals surface area contributed by atoms with Gasteiger partial charge >= 0.3 is 0 Å². The molecule has 1 heterocycles. The van der Waals surface area contributed by atoms with Crippen molar-refractivity contribution in [2.45, 2.75) is 0 Å². The lowest BCUT2D eigenvalue weighted by molar-refractivity contribution is 0.669. The lowest BCUT2D eigenvalue weighted by atomic mass is 9.94. The molecule has 1 aromatic heterocycles. The summed E-state index contributed by atoms with van der Waals surface area (Å²) >= 11 is 0. The van der Waals surface area contributed by atoms with Gasteiger partial charge in [-0.25, -0.2) is 0 Å². The second-order valence-electron chi connectivity index (χ2n) is 11.7. The molecule has 0 fully saturated rings. The van der Waals surface area contributed by atoms with Gasteiger partial charge < -0.3 is 9.32 Å². The third-order valence-electron chi connectivity index (χ3n) is 9.06. The monoisotopic (exact) mass is 587 g/mol. The first-order valence-electron chi connectivity index (χ1n) is 15.7. The van der Waals surface area contributed by atoms with E-state index >= 15 is 0 Å². The van der Waals surface area contributed by atoms with E-state index in [9.17, 15) is 0 Å². The lowest BCUT2D eigenvalue weighted by Crippen LogP contribution is -2.10. The molecular formula is C44H29NO. The van der Waals surface area contributed by atoms with E-state index in [-0.39, 0.29) is 0 Å². The van der Waals surface area contributed by atoms with Crippen molar-refractivity contribution >= 4 is 60.5 Å². The molecule has 0 saturated heterocycles. The van der Waals surface area contributed by atoms with Crippen LogP contribution in [0, 0.1) is 0 Å².